The number of hydrogen-bond acceptors (Lipinski definition) is 2. The normalized spacial score (nSPS) is 17.6. The number of carbonyl (C=O) groups is 1. The maximum atomic E-state index is 13.6. The fourth-order valence-corrected chi connectivity index (χ4v) is 2.60. The predicted molar refractivity (Wildman–Crippen MR) is 81.9 cm³/mol. The Morgan fingerprint density at radius 3 is 2.86 bits per heavy atom. The van der Waals surface area contributed by atoms with Gasteiger partial charge in [0.1, 0.15) is 11.9 Å². The predicted octanol–water partition coefficient (Wildman–Crippen LogP) is 3.50. The van der Waals surface area contributed by atoms with Crippen molar-refractivity contribution in [2.24, 2.45) is 0 Å². The monoisotopic (exact) mass is 284 g/mol. The van der Waals surface area contributed by atoms with Gasteiger partial charge in [0.15, 0.2) is 0 Å². The zero-order chi connectivity index (χ0) is 14.8. The lowest BCUT2D eigenvalue weighted by atomic mass is 10.1. The average Bonchev–Trinajstić information content (AvgIpc) is 2.63. The van der Waals surface area contributed by atoms with Crippen LogP contribution in [0, 0.1) is 12.7 Å². The topological polar surface area (TPSA) is 41.1 Å². The van der Waals surface area contributed by atoms with Gasteiger partial charge in [-0.2, -0.15) is 0 Å². The lowest BCUT2D eigenvalue weighted by Gasteiger charge is -2.18. The molecule has 0 bridgehead atoms. The Kier molecular flexibility index (Phi) is 3.60. The second kappa shape index (κ2) is 5.56. The van der Waals surface area contributed by atoms with Gasteiger partial charge in [0, 0.05) is 16.9 Å². The van der Waals surface area contributed by atoms with Crippen LogP contribution in [0.15, 0.2) is 42.5 Å². The first-order chi connectivity index (χ1) is 10.1. The Balaban J connectivity index is 1.82. The molecule has 1 heterocycles. The van der Waals surface area contributed by atoms with E-state index in [1.165, 1.54) is 6.07 Å². The SMILES string of the molecule is Cc1c(F)cccc1NC1CCc2ccccc2NC1=O. The van der Waals surface area contributed by atoms with Crippen LogP contribution in [0.3, 0.4) is 0 Å². The fraction of sp³-hybridized carbons (Fsp3) is 0.235. The van der Waals surface area contributed by atoms with Crippen LogP contribution in [0.4, 0.5) is 15.8 Å². The molecule has 1 atom stereocenters. The lowest BCUT2D eigenvalue weighted by molar-refractivity contribution is -0.116. The number of hydrogen-bond donors (Lipinski definition) is 2. The summed E-state index contributed by atoms with van der Waals surface area (Å²) in [5, 5.41) is 6.09. The molecule has 4 heteroatoms. The molecule has 3 rings (SSSR count). The van der Waals surface area contributed by atoms with Crippen molar-refractivity contribution in [1.82, 2.24) is 0 Å². The minimum atomic E-state index is -0.363. The molecular formula is C17H17FN2O. The molecule has 1 aliphatic rings. The summed E-state index contributed by atoms with van der Waals surface area (Å²) < 4.78 is 13.6. The zero-order valence-corrected chi connectivity index (χ0v) is 11.8. The number of aryl methyl sites for hydroxylation is 1. The molecule has 0 aromatic heterocycles. The van der Waals surface area contributed by atoms with E-state index < -0.39 is 0 Å². The quantitative estimate of drug-likeness (QED) is 0.886. The molecular weight excluding hydrogens is 267 g/mol. The first-order valence-corrected chi connectivity index (χ1v) is 7.05. The van der Waals surface area contributed by atoms with Crippen molar-refractivity contribution in [3.63, 3.8) is 0 Å². The molecule has 0 spiro atoms. The summed E-state index contributed by atoms with van der Waals surface area (Å²) in [6.45, 7) is 1.71. The van der Waals surface area contributed by atoms with Gasteiger partial charge in [-0.1, -0.05) is 24.3 Å². The molecule has 0 saturated carbocycles. The van der Waals surface area contributed by atoms with Gasteiger partial charge >= 0.3 is 0 Å². The number of carbonyl (C=O) groups excluding carboxylic acids is 1. The molecule has 2 N–H and O–H groups in total. The summed E-state index contributed by atoms with van der Waals surface area (Å²) in [4.78, 5) is 12.3. The van der Waals surface area contributed by atoms with Crippen molar-refractivity contribution in [3.8, 4) is 0 Å². The minimum Gasteiger partial charge on any atom is -0.373 e. The van der Waals surface area contributed by atoms with Crippen LogP contribution in [0.5, 0.6) is 0 Å². The first kappa shape index (κ1) is 13.6. The average molecular weight is 284 g/mol. The number of anilines is 2. The number of para-hydroxylation sites is 1. The summed E-state index contributed by atoms with van der Waals surface area (Å²) in [7, 11) is 0. The number of amides is 1. The van der Waals surface area contributed by atoms with Gasteiger partial charge in [0.05, 0.1) is 0 Å². The van der Waals surface area contributed by atoms with E-state index in [2.05, 4.69) is 10.6 Å². The van der Waals surface area contributed by atoms with Gasteiger partial charge in [-0.05, 0) is 43.5 Å². The van der Waals surface area contributed by atoms with E-state index in [0.29, 0.717) is 17.7 Å². The summed E-state index contributed by atoms with van der Waals surface area (Å²) in [5.41, 5.74) is 3.20. The van der Waals surface area contributed by atoms with Crippen molar-refractivity contribution >= 4 is 17.3 Å². The molecule has 0 fully saturated rings. The number of fused-ring (bicyclic) bond motifs is 1. The molecule has 0 aliphatic carbocycles. The smallest absolute Gasteiger partial charge is 0.246 e. The standard InChI is InChI=1S/C17H17FN2O/c1-11-13(18)6-4-8-14(11)19-16-10-9-12-5-2-3-7-15(12)20-17(16)21/h2-8,16,19H,9-10H2,1H3,(H,20,21). The third kappa shape index (κ3) is 2.75. The second-order valence-corrected chi connectivity index (χ2v) is 5.29. The molecule has 0 saturated heterocycles. The van der Waals surface area contributed by atoms with Gasteiger partial charge in [0.25, 0.3) is 0 Å². The maximum absolute atomic E-state index is 13.6. The van der Waals surface area contributed by atoms with Crippen LogP contribution < -0.4 is 10.6 Å². The van der Waals surface area contributed by atoms with E-state index in [1.807, 2.05) is 24.3 Å². The molecule has 3 nitrogen and oxygen atoms in total. The number of halogens is 1. The molecule has 21 heavy (non-hydrogen) atoms. The summed E-state index contributed by atoms with van der Waals surface area (Å²) in [5.74, 6) is -0.346. The van der Waals surface area contributed by atoms with Crippen LogP contribution in [-0.2, 0) is 11.2 Å². The van der Waals surface area contributed by atoms with Crippen molar-refractivity contribution in [2.75, 3.05) is 10.6 Å². The second-order valence-electron chi connectivity index (χ2n) is 5.29. The van der Waals surface area contributed by atoms with E-state index in [-0.39, 0.29) is 17.8 Å². The van der Waals surface area contributed by atoms with Gasteiger partial charge in [-0.15, -0.1) is 0 Å². The molecule has 1 unspecified atom stereocenters. The Morgan fingerprint density at radius 1 is 1.19 bits per heavy atom. The summed E-state index contributed by atoms with van der Waals surface area (Å²) >= 11 is 0. The van der Waals surface area contributed by atoms with Crippen LogP contribution in [0.25, 0.3) is 0 Å². The van der Waals surface area contributed by atoms with Crippen molar-refractivity contribution < 1.29 is 9.18 Å². The highest BCUT2D eigenvalue weighted by Gasteiger charge is 2.23. The van der Waals surface area contributed by atoms with Crippen LogP contribution in [0.1, 0.15) is 17.5 Å². The van der Waals surface area contributed by atoms with Crippen molar-refractivity contribution in [1.29, 1.82) is 0 Å². The van der Waals surface area contributed by atoms with Crippen molar-refractivity contribution in [3.05, 3.63) is 59.4 Å². The molecule has 1 aliphatic heterocycles. The largest absolute Gasteiger partial charge is 0.373 e. The fourth-order valence-electron chi connectivity index (χ4n) is 2.60. The third-order valence-electron chi connectivity index (χ3n) is 3.89. The Labute approximate surface area is 123 Å². The van der Waals surface area contributed by atoms with Gasteiger partial charge in [-0.25, -0.2) is 4.39 Å². The molecule has 108 valence electrons. The number of benzene rings is 2. The Hall–Kier alpha value is -2.36. The van der Waals surface area contributed by atoms with E-state index >= 15 is 0 Å². The zero-order valence-electron chi connectivity index (χ0n) is 11.8. The highest BCUT2D eigenvalue weighted by molar-refractivity contribution is 5.98. The third-order valence-corrected chi connectivity index (χ3v) is 3.89. The van der Waals surface area contributed by atoms with Gasteiger partial charge in [-0.3, -0.25) is 4.79 Å². The molecule has 0 radical (unpaired) electrons. The lowest BCUT2D eigenvalue weighted by Crippen LogP contribution is -2.33. The molecule has 2 aromatic carbocycles. The van der Waals surface area contributed by atoms with E-state index in [1.54, 1.807) is 19.1 Å². The van der Waals surface area contributed by atoms with Gasteiger partial charge < -0.3 is 10.6 Å². The van der Waals surface area contributed by atoms with Crippen molar-refractivity contribution in [2.45, 2.75) is 25.8 Å². The van der Waals surface area contributed by atoms with E-state index in [9.17, 15) is 9.18 Å². The Morgan fingerprint density at radius 2 is 2.00 bits per heavy atom. The Bertz CT molecular complexity index is 684. The number of rotatable bonds is 2. The maximum Gasteiger partial charge on any atom is 0.246 e. The summed E-state index contributed by atoms with van der Waals surface area (Å²) in [6, 6.07) is 12.3. The van der Waals surface area contributed by atoms with E-state index in [4.69, 9.17) is 0 Å². The number of nitrogens with one attached hydrogen (secondary N) is 2. The first-order valence-electron chi connectivity index (χ1n) is 7.05. The summed E-state index contributed by atoms with van der Waals surface area (Å²) in [6.07, 6.45) is 1.49. The van der Waals surface area contributed by atoms with E-state index in [0.717, 1.165) is 17.7 Å². The van der Waals surface area contributed by atoms with Crippen LogP contribution >= 0.6 is 0 Å². The highest BCUT2D eigenvalue weighted by atomic mass is 19.1. The van der Waals surface area contributed by atoms with Crippen LogP contribution in [-0.4, -0.2) is 11.9 Å². The highest BCUT2D eigenvalue weighted by Crippen LogP contribution is 2.24. The van der Waals surface area contributed by atoms with Crippen LogP contribution in [0.2, 0.25) is 0 Å². The molecule has 1 amide bonds. The molecule has 2 aromatic rings. The minimum absolute atomic E-state index is 0.0800. The van der Waals surface area contributed by atoms with Gasteiger partial charge in [0.2, 0.25) is 5.91 Å².